The summed E-state index contributed by atoms with van der Waals surface area (Å²) < 4.78 is 24.4. The fourth-order valence-corrected chi connectivity index (χ4v) is 4.19. The van der Waals surface area contributed by atoms with Crippen LogP contribution in [0.2, 0.25) is 0 Å². The maximum atomic E-state index is 13.0. The lowest BCUT2D eigenvalue weighted by Gasteiger charge is -2.14. The Morgan fingerprint density at radius 2 is 2.00 bits per heavy atom. The monoisotopic (exact) mass is 520 g/mol. The standard InChI is InChI=1S/C22H18BrFN2O5S/c1-3-8-26-21(28)18(32-22(26)29)11-13-9-16(23)20(17(10-13)30-2)31-12-19(27)25-15-6-4-14(24)5-7-15/h3-7,9-11H,1,8,12H2,2H3,(H,25,27)/b18-11+. The molecular formula is C22H18BrFN2O5S. The SMILES string of the molecule is C=CCN1C(=O)S/C(=C/c2cc(Br)c(OCC(=O)Nc3ccc(F)cc3)c(OC)c2)C1=O. The van der Waals surface area contributed by atoms with Crippen LogP contribution in [0.4, 0.5) is 14.9 Å². The van der Waals surface area contributed by atoms with E-state index in [1.165, 1.54) is 37.5 Å². The summed E-state index contributed by atoms with van der Waals surface area (Å²) in [5.74, 6) is -0.624. The number of carbonyl (C=O) groups is 3. The molecule has 166 valence electrons. The van der Waals surface area contributed by atoms with Gasteiger partial charge in [-0.2, -0.15) is 0 Å². The average molecular weight is 521 g/mol. The molecule has 1 N–H and O–H groups in total. The normalized spacial score (nSPS) is 14.6. The van der Waals surface area contributed by atoms with Crippen molar-refractivity contribution < 1.29 is 28.2 Å². The molecule has 0 aromatic heterocycles. The first kappa shape index (κ1) is 23.6. The van der Waals surface area contributed by atoms with E-state index in [-0.39, 0.29) is 23.3 Å². The lowest BCUT2D eigenvalue weighted by atomic mass is 10.2. The van der Waals surface area contributed by atoms with E-state index in [1.54, 1.807) is 18.2 Å². The summed E-state index contributed by atoms with van der Waals surface area (Å²) in [7, 11) is 1.44. The van der Waals surface area contributed by atoms with Gasteiger partial charge in [0.05, 0.1) is 16.5 Å². The quantitative estimate of drug-likeness (QED) is 0.396. The number of amides is 3. The lowest BCUT2D eigenvalue weighted by Crippen LogP contribution is -2.27. The Labute approximate surface area is 196 Å². The minimum absolute atomic E-state index is 0.141. The second kappa shape index (κ2) is 10.5. The van der Waals surface area contributed by atoms with Crippen LogP contribution >= 0.6 is 27.7 Å². The number of nitrogens with zero attached hydrogens (tertiary/aromatic N) is 1. The largest absolute Gasteiger partial charge is 0.493 e. The highest BCUT2D eigenvalue weighted by Crippen LogP contribution is 2.39. The van der Waals surface area contributed by atoms with Crippen LogP contribution in [-0.2, 0) is 9.59 Å². The molecule has 1 fully saturated rings. The zero-order chi connectivity index (χ0) is 23.3. The van der Waals surface area contributed by atoms with Gasteiger partial charge in [-0.05, 0) is 75.7 Å². The molecule has 2 aromatic carbocycles. The van der Waals surface area contributed by atoms with Crippen molar-refractivity contribution in [3.63, 3.8) is 0 Å². The highest BCUT2D eigenvalue weighted by molar-refractivity contribution is 9.10. The number of hydrogen-bond acceptors (Lipinski definition) is 6. The van der Waals surface area contributed by atoms with Crippen LogP contribution in [0.15, 0.2) is 58.4 Å². The highest BCUT2D eigenvalue weighted by atomic mass is 79.9. The zero-order valence-corrected chi connectivity index (χ0v) is 19.3. The summed E-state index contributed by atoms with van der Waals surface area (Å²) in [5.41, 5.74) is 1.03. The predicted molar refractivity (Wildman–Crippen MR) is 124 cm³/mol. The summed E-state index contributed by atoms with van der Waals surface area (Å²) in [5, 5.41) is 2.24. The predicted octanol–water partition coefficient (Wildman–Crippen LogP) is 4.84. The van der Waals surface area contributed by atoms with Crippen molar-refractivity contribution in [3.05, 3.63) is 69.8 Å². The van der Waals surface area contributed by atoms with Crippen molar-refractivity contribution in [1.29, 1.82) is 0 Å². The number of methoxy groups -OCH3 is 1. The number of nitrogens with one attached hydrogen (secondary N) is 1. The molecule has 0 atom stereocenters. The number of halogens is 2. The number of carbonyl (C=O) groups excluding carboxylic acids is 3. The first-order valence-corrected chi connectivity index (χ1v) is 10.9. The number of hydrogen-bond donors (Lipinski definition) is 1. The van der Waals surface area contributed by atoms with E-state index < -0.39 is 17.6 Å². The minimum Gasteiger partial charge on any atom is -0.493 e. The van der Waals surface area contributed by atoms with E-state index in [0.29, 0.717) is 27.2 Å². The number of thioether (sulfide) groups is 1. The smallest absolute Gasteiger partial charge is 0.293 e. The van der Waals surface area contributed by atoms with Gasteiger partial charge in [-0.25, -0.2) is 4.39 Å². The maximum Gasteiger partial charge on any atom is 0.293 e. The van der Waals surface area contributed by atoms with Crippen molar-refractivity contribution in [3.8, 4) is 11.5 Å². The molecule has 1 aliphatic rings. The summed E-state index contributed by atoms with van der Waals surface area (Å²) in [6.45, 7) is 3.37. The van der Waals surface area contributed by atoms with Gasteiger partial charge in [0.15, 0.2) is 18.1 Å². The van der Waals surface area contributed by atoms with Crippen molar-refractivity contribution in [1.82, 2.24) is 4.90 Å². The van der Waals surface area contributed by atoms with Crippen LogP contribution in [0.25, 0.3) is 6.08 Å². The molecule has 0 spiro atoms. The van der Waals surface area contributed by atoms with Gasteiger partial charge < -0.3 is 14.8 Å². The fraction of sp³-hybridized carbons (Fsp3) is 0.136. The Balaban J connectivity index is 1.73. The Hall–Kier alpha value is -3.11. The maximum absolute atomic E-state index is 13.0. The van der Waals surface area contributed by atoms with Gasteiger partial charge in [-0.15, -0.1) is 6.58 Å². The summed E-state index contributed by atoms with van der Waals surface area (Å²) in [4.78, 5) is 37.9. The van der Waals surface area contributed by atoms with E-state index in [9.17, 15) is 18.8 Å². The fourth-order valence-electron chi connectivity index (χ4n) is 2.77. The number of rotatable bonds is 8. The van der Waals surface area contributed by atoms with E-state index >= 15 is 0 Å². The van der Waals surface area contributed by atoms with Gasteiger partial charge in [-0.1, -0.05) is 6.08 Å². The third kappa shape index (κ3) is 5.57. The summed E-state index contributed by atoms with van der Waals surface area (Å²) >= 11 is 4.23. The Bertz CT molecular complexity index is 1100. The molecule has 0 aliphatic carbocycles. The van der Waals surface area contributed by atoms with Gasteiger partial charge in [0.2, 0.25) is 0 Å². The van der Waals surface area contributed by atoms with Crippen LogP contribution < -0.4 is 14.8 Å². The number of imide groups is 1. The summed E-state index contributed by atoms with van der Waals surface area (Å²) in [6.07, 6.45) is 3.06. The molecule has 1 heterocycles. The third-order valence-electron chi connectivity index (χ3n) is 4.21. The van der Waals surface area contributed by atoms with Crippen LogP contribution in [0.5, 0.6) is 11.5 Å². The van der Waals surface area contributed by atoms with Crippen LogP contribution in [0, 0.1) is 5.82 Å². The number of ether oxygens (including phenoxy) is 2. The highest BCUT2D eigenvalue weighted by Gasteiger charge is 2.34. The lowest BCUT2D eigenvalue weighted by molar-refractivity contribution is -0.122. The molecule has 0 saturated carbocycles. The van der Waals surface area contributed by atoms with Gasteiger partial charge in [0, 0.05) is 12.2 Å². The molecule has 32 heavy (non-hydrogen) atoms. The molecule has 3 rings (SSSR count). The Morgan fingerprint density at radius 1 is 1.28 bits per heavy atom. The first-order valence-electron chi connectivity index (χ1n) is 9.24. The molecule has 1 aliphatic heterocycles. The molecular weight excluding hydrogens is 503 g/mol. The van der Waals surface area contributed by atoms with E-state index in [1.807, 2.05) is 0 Å². The first-order chi connectivity index (χ1) is 15.3. The summed E-state index contributed by atoms with van der Waals surface area (Å²) in [6, 6.07) is 8.66. The minimum atomic E-state index is -0.439. The van der Waals surface area contributed by atoms with Crippen molar-refractivity contribution in [2.75, 3.05) is 25.6 Å². The van der Waals surface area contributed by atoms with E-state index in [0.717, 1.165) is 16.7 Å². The molecule has 0 bridgehead atoms. The van der Waals surface area contributed by atoms with Gasteiger partial charge >= 0.3 is 0 Å². The third-order valence-corrected chi connectivity index (χ3v) is 5.71. The second-order valence-corrected chi connectivity index (χ2v) is 8.31. The van der Waals surface area contributed by atoms with Crippen LogP contribution in [0.1, 0.15) is 5.56 Å². The molecule has 2 aromatic rings. The van der Waals surface area contributed by atoms with Crippen molar-refractivity contribution in [2.24, 2.45) is 0 Å². The molecule has 3 amide bonds. The second-order valence-electron chi connectivity index (χ2n) is 6.46. The van der Waals surface area contributed by atoms with E-state index in [4.69, 9.17) is 9.47 Å². The Kier molecular flexibility index (Phi) is 7.70. The number of benzene rings is 2. The van der Waals surface area contributed by atoms with Gasteiger partial charge in [-0.3, -0.25) is 19.3 Å². The van der Waals surface area contributed by atoms with Crippen LogP contribution in [0.3, 0.4) is 0 Å². The van der Waals surface area contributed by atoms with Crippen molar-refractivity contribution >= 4 is 56.5 Å². The number of anilines is 1. The zero-order valence-electron chi connectivity index (χ0n) is 16.9. The topological polar surface area (TPSA) is 84.9 Å². The van der Waals surface area contributed by atoms with Crippen LogP contribution in [-0.4, -0.2) is 42.2 Å². The molecule has 10 heteroatoms. The van der Waals surface area contributed by atoms with Crippen molar-refractivity contribution in [2.45, 2.75) is 0 Å². The Morgan fingerprint density at radius 3 is 2.66 bits per heavy atom. The molecule has 7 nitrogen and oxygen atoms in total. The average Bonchev–Trinajstić information content (AvgIpc) is 3.02. The molecule has 0 unspecified atom stereocenters. The van der Waals surface area contributed by atoms with Gasteiger partial charge in [0.1, 0.15) is 5.82 Å². The van der Waals surface area contributed by atoms with Gasteiger partial charge in [0.25, 0.3) is 17.1 Å². The molecule has 0 radical (unpaired) electrons. The molecule has 1 saturated heterocycles. The van der Waals surface area contributed by atoms with E-state index in [2.05, 4.69) is 27.8 Å².